The second-order valence-electron chi connectivity index (χ2n) is 3.00. The maximum absolute atomic E-state index is 10.6. The Labute approximate surface area is 80.8 Å². The van der Waals surface area contributed by atoms with Gasteiger partial charge in [0, 0.05) is 0 Å². The Morgan fingerprint density at radius 1 is 1.00 bits per heavy atom. The van der Waals surface area contributed by atoms with Crippen molar-refractivity contribution in [2.45, 2.75) is 37.9 Å². The van der Waals surface area contributed by atoms with E-state index in [1.807, 2.05) is 0 Å². The minimum Gasteiger partial charge on any atom is -0.547 e. The van der Waals surface area contributed by atoms with Gasteiger partial charge in [0.1, 0.15) is 11.2 Å². The van der Waals surface area contributed by atoms with Crippen LogP contribution in [0.3, 0.4) is 0 Å². The summed E-state index contributed by atoms with van der Waals surface area (Å²) in [5, 5.41) is 40.0. The van der Waals surface area contributed by atoms with E-state index in [1.165, 1.54) is 13.8 Å². The van der Waals surface area contributed by atoms with Gasteiger partial charge in [-0.2, -0.15) is 0 Å². The molecular formula is C8H12O6-2. The highest BCUT2D eigenvalue weighted by molar-refractivity contribution is 5.88. The van der Waals surface area contributed by atoms with Gasteiger partial charge in [-0.15, -0.1) is 0 Å². The second kappa shape index (κ2) is 3.93. The number of carboxylic acids is 2. The van der Waals surface area contributed by atoms with Crippen LogP contribution in [0.15, 0.2) is 0 Å². The summed E-state index contributed by atoms with van der Waals surface area (Å²) < 4.78 is 0. The van der Waals surface area contributed by atoms with Crippen LogP contribution in [0.1, 0.15) is 26.7 Å². The lowest BCUT2D eigenvalue weighted by Gasteiger charge is -2.43. The maximum atomic E-state index is 10.6. The highest BCUT2D eigenvalue weighted by Gasteiger charge is 2.49. The van der Waals surface area contributed by atoms with Crippen LogP contribution in [0.25, 0.3) is 0 Å². The Bertz CT molecular complexity index is 224. The smallest absolute Gasteiger partial charge is 0.137 e. The van der Waals surface area contributed by atoms with Gasteiger partial charge in [0.15, 0.2) is 0 Å². The molecule has 0 bridgehead atoms. The first-order chi connectivity index (χ1) is 6.26. The van der Waals surface area contributed by atoms with Crippen LogP contribution in [0.5, 0.6) is 0 Å². The van der Waals surface area contributed by atoms with E-state index in [4.69, 9.17) is 0 Å². The van der Waals surface area contributed by atoms with Crippen molar-refractivity contribution < 1.29 is 30.0 Å². The summed E-state index contributed by atoms with van der Waals surface area (Å²) in [6.45, 7) is 2.44. The molecule has 6 heteroatoms. The summed E-state index contributed by atoms with van der Waals surface area (Å²) >= 11 is 0. The van der Waals surface area contributed by atoms with Crippen LogP contribution in [-0.2, 0) is 9.59 Å². The number of hydrogen-bond acceptors (Lipinski definition) is 6. The molecule has 14 heavy (non-hydrogen) atoms. The molecule has 0 aromatic heterocycles. The number of carbonyl (C=O) groups excluding carboxylic acids is 2. The molecule has 2 N–H and O–H groups in total. The lowest BCUT2D eigenvalue weighted by molar-refractivity contribution is -0.358. The molecule has 0 fully saturated rings. The van der Waals surface area contributed by atoms with Gasteiger partial charge in [-0.3, -0.25) is 0 Å². The Morgan fingerprint density at radius 2 is 1.21 bits per heavy atom. The average molecular weight is 204 g/mol. The first-order valence-corrected chi connectivity index (χ1v) is 4.14. The van der Waals surface area contributed by atoms with Crippen LogP contribution in [-0.4, -0.2) is 33.4 Å². The van der Waals surface area contributed by atoms with Gasteiger partial charge in [0.2, 0.25) is 0 Å². The predicted octanol–water partition coefficient (Wildman–Crippen LogP) is -3.23. The largest absolute Gasteiger partial charge is 0.547 e. The molecule has 0 aliphatic rings. The molecule has 0 heterocycles. The summed E-state index contributed by atoms with van der Waals surface area (Å²) in [5.41, 5.74) is -5.67. The molecule has 0 saturated heterocycles. The maximum Gasteiger partial charge on any atom is 0.137 e. The standard InChI is InChI=1S/C8H14O6/c1-3-7(13,5(9)10)8(14,4-2)6(11)12/h13-14H,3-4H2,1-2H3,(H,9,10)(H,11,12)/p-2. The zero-order chi connectivity index (χ0) is 11.6. The first kappa shape index (κ1) is 12.9. The van der Waals surface area contributed by atoms with E-state index in [-0.39, 0.29) is 0 Å². The first-order valence-electron chi connectivity index (χ1n) is 4.14. The van der Waals surface area contributed by atoms with Crippen LogP contribution in [0.4, 0.5) is 0 Å². The van der Waals surface area contributed by atoms with E-state index in [9.17, 15) is 30.0 Å². The quantitative estimate of drug-likeness (QED) is 0.485. The highest BCUT2D eigenvalue weighted by Crippen LogP contribution is 2.28. The molecule has 0 radical (unpaired) electrons. The van der Waals surface area contributed by atoms with E-state index < -0.39 is 36.0 Å². The van der Waals surface area contributed by atoms with Gasteiger partial charge < -0.3 is 30.0 Å². The fraction of sp³-hybridized carbons (Fsp3) is 0.750. The van der Waals surface area contributed by atoms with Crippen molar-refractivity contribution in [2.75, 3.05) is 0 Å². The van der Waals surface area contributed by atoms with E-state index >= 15 is 0 Å². The molecule has 2 unspecified atom stereocenters. The third kappa shape index (κ3) is 1.58. The molecule has 2 atom stereocenters. The molecule has 0 aliphatic carbocycles. The molecule has 6 nitrogen and oxygen atoms in total. The molecule has 0 aromatic rings. The Kier molecular flexibility index (Phi) is 3.61. The fourth-order valence-corrected chi connectivity index (χ4v) is 1.21. The van der Waals surface area contributed by atoms with Gasteiger partial charge in [-0.1, -0.05) is 13.8 Å². The van der Waals surface area contributed by atoms with E-state index in [2.05, 4.69) is 0 Å². The van der Waals surface area contributed by atoms with Crippen LogP contribution in [0.2, 0.25) is 0 Å². The third-order valence-electron chi connectivity index (χ3n) is 2.38. The van der Waals surface area contributed by atoms with Gasteiger partial charge >= 0.3 is 0 Å². The molecule has 0 spiro atoms. The van der Waals surface area contributed by atoms with Crippen molar-refractivity contribution in [3.05, 3.63) is 0 Å². The fourth-order valence-electron chi connectivity index (χ4n) is 1.21. The minimum atomic E-state index is -2.83. The monoisotopic (exact) mass is 204 g/mol. The lowest BCUT2D eigenvalue weighted by Crippen LogP contribution is -2.69. The average Bonchev–Trinajstić information content (AvgIpc) is 2.14. The zero-order valence-electron chi connectivity index (χ0n) is 7.94. The van der Waals surface area contributed by atoms with Crippen molar-refractivity contribution in [3.63, 3.8) is 0 Å². The van der Waals surface area contributed by atoms with Gasteiger partial charge in [0.05, 0.1) is 11.9 Å². The lowest BCUT2D eigenvalue weighted by atomic mass is 9.79. The molecule has 0 rings (SSSR count). The summed E-state index contributed by atoms with van der Waals surface area (Å²) in [6, 6.07) is 0. The number of carbonyl (C=O) groups is 2. The van der Waals surface area contributed by atoms with Crippen molar-refractivity contribution in [3.8, 4) is 0 Å². The summed E-state index contributed by atoms with van der Waals surface area (Å²) in [6.07, 6.45) is -0.985. The van der Waals surface area contributed by atoms with E-state index in [0.29, 0.717) is 0 Å². The highest BCUT2D eigenvalue weighted by atomic mass is 16.5. The molecule has 0 aliphatic heterocycles. The minimum absolute atomic E-state index is 0.492. The Hall–Kier alpha value is -1.14. The summed E-state index contributed by atoms with van der Waals surface area (Å²) in [7, 11) is 0. The number of hydrogen-bond donors (Lipinski definition) is 2. The van der Waals surface area contributed by atoms with Gasteiger partial charge in [-0.05, 0) is 12.8 Å². The summed E-state index contributed by atoms with van der Waals surface area (Å²) in [4.78, 5) is 21.1. The Morgan fingerprint density at radius 3 is 1.29 bits per heavy atom. The van der Waals surface area contributed by atoms with E-state index in [1.54, 1.807) is 0 Å². The van der Waals surface area contributed by atoms with Crippen molar-refractivity contribution >= 4 is 11.9 Å². The Balaban J connectivity index is 5.37. The van der Waals surface area contributed by atoms with Gasteiger partial charge in [-0.25, -0.2) is 0 Å². The molecule has 0 saturated carbocycles. The number of aliphatic carboxylic acids is 2. The molecule has 0 aromatic carbocycles. The number of carboxylic acid groups (broad SMARTS) is 2. The summed E-state index contributed by atoms with van der Waals surface area (Å²) in [5.74, 6) is -4.07. The predicted molar refractivity (Wildman–Crippen MR) is 40.5 cm³/mol. The van der Waals surface area contributed by atoms with Crippen molar-refractivity contribution in [1.29, 1.82) is 0 Å². The second-order valence-corrected chi connectivity index (χ2v) is 3.00. The van der Waals surface area contributed by atoms with Crippen LogP contribution in [0, 0.1) is 0 Å². The SMILES string of the molecule is CCC(O)(C(=O)[O-])C(O)(CC)C(=O)[O-]. The molecule has 82 valence electrons. The normalized spacial score (nSPS) is 19.4. The zero-order valence-corrected chi connectivity index (χ0v) is 7.94. The van der Waals surface area contributed by atoms with Gasteiger partial charge in [0.25, 0.3) is 0 Å². The number of rotatable bonds is 5. The third-order valence-corrected chi connectivity index (χ3v) is 2.38. The topological polar surface area (TPSA) is 121 Å². The molecule has 0 amide bonds. The number of aliphatic hydroxyl groups is 2. The van der Waals surface area contributed by atoms with Crippen LogP contribution < -0.4 is 10.2 Å². The van der Waals surface area contributed by atoms with E-state index in [0.717, 1.165) is 0 Å². The van der Waals surface area contributed by atoms with Crippen molar-refractivity contribution in [1.82, 2.24) is 0 Å². The molecular weight excluding hydrogens is 192 g/mol. The van der Waals surface area contributed by atoms with Crippen molar-refractivity contribution in [2.24, 2.45) is 0 Å². The van der Waals surface area contributed by atoms with Crippen LogP contribution >= 0.6 is 0 Å².